The van der Waals surface area contributed by atoms with Gasteiger partial charge in [0.25, 0.3) is 0 Å². The molecule has 1 unspecified atom stereocenters. The summed E-state index contributed by atoms with van der Waals surface area (Å²) in [6, 6.07) is 10.6. The predicted octanol–water partition coefficient (Wildman–Crippen LogP) is 3.98. The summed E-state index contributed by atoms with van der Waals surface area (Å²) in [7, 11) is 0. The number of benzene rings is 1. The van der Waals surface area contributed by atoms with E-state index in [0.29, 0.717) is 6.54 Å². The van der Waals surface area contributed by atoms with Gasteiger partial charge in [-0.05, 0) is 43.2 Å². The van der Waals surface area contributed by atoms with E-state index < -0.39 is 0 Å². The number of aromatic nitrogens is 1. The third kappa shape index (κ3) is 4.62. The van der Waals surface area contributed by atoms with Crippen molar-refractivity contribution in [3.8, 4) is 0 Å². The van der Waals surface area contributed by atoms with E-state index in [9.17, 15) is 0 Å². The van der Waals surface area contributed by atoms with Gasteiger partial charge in [-0.25, -0.2) is 4.99 Å². The van der Waals surface area contributed by atoms with E-state index in [2.05, 4.69) is 59.4 Å². The van der Waals surface area contributed by atoms with Crippen molar-refractivity contribution in [1.82, 2.24) is 15.2 Å². The van der Waals surface area contributed by atoms with Gasteiger partial charge in [-0.3, -0.25) is 0 Å². The maximum Gasteiger partial charge on any atom is 0.194 e. The van der Waals surface area contributed by atoms with E-state index in [0.717, 1.165) is 31.5 Å². The number of halogens is 1. The number of guanidine groups is 1. The summed E-state index contributed by atoms with van der Waals surface area (Å²) in [6.07, 6.45) is 2.59. The first-order valence-corrected chi connectivity index (χ1v) is 8.36. The summed E-state index contributed by atoms with van der Waals surface area (Å²) in [5.74, 6) is 1.80. The first-order chi connectivity index (χ1) is 10.8. The SMILES string of the molecule is CCNC(=NCc1cc2ccccc2[nH]1)N1CCCC(C)C1.I. The van der Waals surface area contributed by atoms with Crippen LogP contribution in [0.4, 0.5) is 0 Å². The molecule has 1 aliphatic heterocycles. The molecule has 23 heavy (non-hydrogen) atoms. The van der Waals surface area contributed by atoms with E-state index in [1.807, 2.05) is 0 Å². The standard InChI is InChI=1S/C18H26N4.HI/c1-3-19-18(22-10-6-7-14(2)13-22)20-12-16-11-15-8-4-5-9-17(15)21-16;/h4-5,8-9,11,14,21H,3,6-7,10,12-13H2,1-2H3,(H,19,20);1H. The molecule has 2 aromatic rings. The molecular formula is C18H27IN4. The molecule has 2 N–H and O–H groups in total. The molecular weight excluding hydrogens is 399 g/mol. The summed E-state index contributed by atoms with van der Waals surface area (Å²) in [6.45, 7) is 8.29. The maximum absolute atomic E-state index is 4.84. The summed E-state index contributed by atoms with van der Waals surface area (Å²) in [5, 5.41) is 4.69. The lowest BCUT2D eigenvalue weighted by Gasteiger charge is -2.33. The molecule has 2 heterocycles. The largest absolute Gasteiger partial charge is 0.357 e. The smallest absolute Gasteiger partial charge is 0.194 e. The van der Waals surface area contributed by atoms with E-state index in [-0.39, 0.29) is 24.0 Å². The molecule has 1 fully saturated rings. The molecule has 4 nitrogen and oxygen atoms in total. The van der Waals surface area contributed by atoms with Crippen molar-refractivity contribution in [2.75, 3.05) is 19.6 Å². The first kappa shape index (κ1) is 18.1. The molecule has 0 amide bonds. The summed E-state index contributed by atoms with van der Waals surface area (Å²) in [5.41, 5.74) is 2.35. The van der Waals surface area contributed by atoms with Gasteiger partial charge >= 0.3 is 0 Å². The minimum absolute atomic E-state index is 0. The number of piperidine rings is 1. The van der Waals surface area contributed by atoms with Crippen LogP contribution in [0, 0.1) is 5.92 Å². The van der Waals surface area contributed by atoms with Gasteiger partial charge in [0.15, 0.2) is 5.96 Å². The number of aromatic amines is 1. The molecule has 0 saturated carbocycles. The van der Waals surface area contributed by atoms with E-state index >= 15 is 0 Å². The van der Waals surface area contributed by atoms with Gasteiger partial charge in [0.2, 0.25) is 0 Å². The fourth-order valence-corrected chi connectivity index (χ4v) is 3.19. The van der Waals surface area contributed by atoms with Gasteiger partial charge in [0.1, 0.15) is 0 Å². The average molecular weight is 426 g/mol. The minimum atomic E-state index is 0. The normalized spacial score (nSPS) is 18.8. The topological polar surface area (TPSA) is 43.4 Å². The van der Waals surface area contributed by atoms with Crippen molar-refractivity contribution in [3.63, 3.8) is 0 Å². The van der Waals surface area contributed by atoms with Crippen LogP contribution in [0.15, 0.2) is 35.3 Å². The van der Waals surface area contributed by atoms with Gasteiger partial charge < -0.3 is 15.2 Å². The Morgan fingerprint density at radius 1 is 1.39 bits per heavy atom. The molecule has 0 spiro atoms. The Morgan fingerprint density at radius 3 is 2.96 bits per heavy atom. The Morgan fingerprint density at radius 2 is 2.22 bits per heavy atom. The fraction of sp³-hybridized carbons (Fsp3) is 0.500. The Kier molecular flexibility index (Phi) is 6.74. The molecule has 0 radical (unpaired) electrons. The second-order valence-corrected chi connectivity index (χ2v) is 6.25. The zero-order valence-corrected chi connectivity index (χ0v) is 16.3. The van der Waals surface area contributed by atoms with Crippen molar-refractivity contribution in [1.29, 1.82) is 0 Å². The fourth-order valence-electron chi connectivity index (χ4n) is 3.19. The van der Waals surface area contributed by atoms with Crippen LogP contribution in [0.25, 0.3) is 10.9 Å². The maximum atomic E-state index is 4.84. The summed E-state index contributed by atoms with van der Waals surface area (Å²) < 4.78 is 0. The van der Waals surface area contributed by atoms with Crippen LogP contribution < -0.4 is 5.32 Å². The van der Waals surface area contributed by atoms with Crippen molar-refractivity contribution >= 4 is 40.8 Å². The third-order valence-electron chi connectivity index (χ3n) is 4.28. The van der Waals surface area contributed by atoms with Crippen LogP contribution in [0.5, 0.6) is 0 Å². The molecule has 3 rings (SSSR count). The lowest BCUT2D eigenvalue weighted by molar-refractivity contribution is 0.266. The Hall–Kier alpha value is -1.24. The molecule has 0 aliphatic carbocycles. The number of hydrogen-bond donors (Lipinski definition) is 2. The minimum Gasteiger partial charge on any atom is -0.357 e. The van der Waals surface area contributed by atoms with Crippen molar-refractivity contribution < 1.29 is 0 Å². The molecule has 0 bridgehead atoms. The molecule has 1 aliphatic rings. The molecule has 1 saturated heterocycles. The lowest BCUT2D eigenvalue weighted by atomic mass is 10.0. The van der Waals surface area contributed by atoms with Crippen LogP contribution in [0.2, 0.25) is 0 Å². The van der Waals surface area contributed by atoms with Crippen molar-refractivity contribution in [2.45, 2.75) is 33.2 Å². The number of H-pyrrole nitrogens is 1. The zero-order valence-electron chi connectivity index (χ0n) is 14.0. The lowest BCUT2D eigenvalue weighted by Crippen LogP contribution is -2.46. The zero-order chi connectivity index (χ0) is 15.4. The second-order valence-electron chi connectivity index (χ2n) is 6.25. The van der Waals surface area contributed by atoms with Gasteiger partial charge in [0.05, 0.1) is 6.54 Å². The number of rotatable bonds is 3. The highest BCUT2D eigenvalue weighted by molar-refractivity contribution is 14.0. The Balaban J connectivity index is 0.00000192. The summed E-state index contributed by atoms with van der Waals surface area (Å²) >= 11 is 0. The third-order valence-corrected chi connectivity index (χ3v) is 4.28. The first-order valence-electron chi connectivity index (χ1n) is 8.36. The van der Waals surface area contributed by atoms with Gasteiger partial charge in [0, 0.05) is 30.8 Å². The van der Waals surface area contributed by atoms with Gasteiger partial charge in [-0.15, -0.1) is 24.0 Å². The van der Waals surface area contributed by atoms with E-state index in [4.69, 9.17) is 4.99 Å². The highest BCUT2D eigenvalue weighted by Gasteiger charge is 2.19. The van der Waals surface area contributed by atoms with E-state index in [1.54, 1.807) is 0 Å². The molecule has 1 aromatic heterocycles. The number of hydrogen-bond acceptors (Lipinski definition) is 1. The molecule has 126 valence electrons. The van der Waals surface area contributed by atoms with Crippen LogP contribution >= 0.6 is 24.0 Å². The molecule has 5 heteroatoms. The van der Waals surface area contributed by atoms with Gasteiger partial charge in [-0.1, -0.05) is 25.1 Å². The number of nitrogens with one attached hydrogen (secondary N) is 2. The highest BCUT2D eigenvalue weighted by atomic mass is 127. The van der Waals surface area contributed by atoms with Crippen LogP contribution in [0.1, 0.15) is 32.4 Å². The quantitative estimate of drug-likeness (QED) is 0.443. The highest BCUT2D eigenvalue weighted by Crippen LogP contribution is 2.17. The number of fused-ring (bicyclic) bond motifs is 1. The Bertz CT molecular complexity index is 616. The Labute approximate surface area is 155 Å². The van der Waals surface area contributed by atoms with Crippen molar-refractivity contribution in [2.24, 2.45) is 10.9 Å². The van der Waals surface area contributed by atoms with E-state index in [1.165, 1.54) is 29.4 Å². The van der Waals surface area contributed by atoms with Crippen LogP contribution in [-0.4, -0.2) is 35.5 Å². The molecule has 1 aromatic carbocycles. The number of para-hydroxylation sites is 1. The number of likely N-dealkylation sites (tertiary alicyclic amines) is 1. The van der Waals surface area contributed by atoms with Crippen LogP contribution in [-0.2, 0) is 6.54 Å². The van der Waals surface area contributed by atoms with Crippen LogP contribution in [0.3, 0.4) is 0 Å². The summed E-state index contributed by atoms with van der Waals surface area (Å²) in [4.78, 5) is 10.7. The monoisotopic (exact) mass is 426 g/mol. The second kappa shape index (κ2) is 8.57. The predicted molar refractivity (Wildman–Crippen MR) is 109 cm³/mol. The van der Waals surface area contributed by atoms with Crippen molar-refractivity contribution in [3.05, 3.63) is 36.0 Å². The number of nitrogens with zero attached hydrogens (tertiary/aromatic N) is 2. The number of aliphatic imine (C=N–C) groups is 1. The average Bonchev–Trinajstić information content (AvgIpc) is 2.94. The van der Waals surface area contributed by atoms with Gasteiger partial charge in [-0.2, -0.15) is 0 Å². The molecule has 1 atom stereocenters.